The lowest BCUT2D eigenvalue weighted by Crippen LogP contribution is -2.14. The van der Waals surface area contributed by atoms with Crippen molar-refractivity contribution in [2.24, 2.45) is 5.92 Å². The normalized spacial score (nSPS) is 10.7. The number of Topliss-reactive ketones (excluding diaryl/α,β-unsaturated/α-hetero) is 1. The van der Waals surface area contributed by atoms with E-state index in [9.17, 15) is 4.79 Å². The second kappa shape index (κ2) is 3.52. The molecule has 0 spiro atoms. The quantitative estimate of drug-likeness (QED) is 0.641. The highest BCUT2D eigenvalue weighted by Gasteiger charge is 2.14. The van der Waals surface area contributed by atoms with Crippen LogP contribution in [0, 0.1) is 5.92 Å². The van der Waals surface area contributed by atoms with Crippen molar-refractivity contribution in [3.63, 3.8) is 0 Å². The molecular formula is C9H14N2O. The molecule has 0 saturated heterocycles. The highest BCUT2D eigenvalue weighted by molar-refractivity contribution is 5.94. The van der Waals surface area contributed by atoms with E-state index in [1.807, 2.05) is 31.5 Å². The van der Waals surface area contributed by atoms with Gasteiger partial charge in [-0.2, -0.15) is 0 Å². The van der Waals surface area contributed by atoms with Crippen molar-refractivity contribution in [1.29, 1.82) is 0 Å². The Morgan fingerprint density at radius 3 is 2.83 bits per heavy atom. The second-order valence-corrected chi connectivity index (χ2v) is 3.06. The Morgan fingerprint density at radius 1 is 1.67 bits per heavy atom. The molecule has 0 fully saturated rings. The lowest BCUT2D eigenvalue weighted by atomic mass is 10.1. The predicted molar refractivity (Wildman–Crippen MR) is 47.1 cm³/mol. The molecule has 0 radical (unpaired) electrons. The Hall–Kier alpha value is -1.12. The Bertz CT molecular complexity index is 276. The largest absolute Gasteiger partial charge is 0.329 e. The fraction of sp³-hybridized carbons (Fsp3) is 0.556. The summed E-state index contributed by atoms with van der Waals surface area (Å²) in [6, 6.07) is 0. The minimum atomic E-state index is 0.0256. The lowest BCUT2D eigenvalue weighted by molar-refractivity contribution is 0.0924. The van der Waals surface area contributed by atoms with Crippen LogP contribution in [0.15, 0.2) is 12.4 Å². The van der Waals surface area contributed by atoms with Gasteiger partial charge in [-0.15, -0.1) is 0 Å². The first-order valence-corrected chi connectivity index (χ1v) is 4.22. The van der Waals surface area contributed by atoms with Crippen LogP contribution in [0.2, 0.25) is 0 Å². The van der Waals surface area contributed by atoms with Crippen LogP contribution in [0.25, 0.3) is 0 Å². The van der Waals surface area contributed by atoms with Crippen molar-refractivity contribution in [3.05, 3.63) is 18.2 Å². The summed E-state index contributed by atoms with van der Waals surface area (Å²) in [6.45, 7) is 6.57. The zero-order valence-electron chi connectivity index (χ0n) is 7.74. The van der Waals surface area contributed by atoms with Crippen molar-refractivity contribution in [1.82, 2.24) is 9.55 Å². The van der Waals surface area contributed by atoms with E-state index in [1.165, 1.54) is 0 Å². The summed E-state index contributed by atoms with van der Waals surface area (Å²) >= 11 is 0. The summed E-state index contributed by atoms with van der Waals surface area (Å²) in [4.78, 5) is 15.5. The van der Waals surface area contributed by atoms with Crippen LogP contribution >= 0.6 is 0 Å². The van der Waals surface area contributed by atoms with Crippen LogP contribution in [-0.2, 0) is 6.54 Å². The third-order valence-electron chi connectivity index (χ3n) is 1.80. The summed E-state index contributed by atoms with van der Waals surface area (Å²) in [6.07, 6.45) is 3.49. The maximum absolute atomic E-state index is 11.5. The molecule has 3 heteroatoms. The smallest absolute Gasteiger partial charge is 0.200 e. The highest BCUT2D eigenvalue weighted by atomic mass is 16.1. The van der Waals surface area contributed by atoms with Gasteiger partial charge in [0.1, 0.15) is 0 Å². The topological polar surface area (TPSA) is 34.9 Å². The summed E-state index contributed by atoms with van der Waals surface area (Å²) in [5.74, 6) is 0.715. The Balaban J connectivity index is 2.94. The molecule has 0 aliphatic carbocycles. The molecule has 0 unspecified atom stereocenters. The molecule has 66 valence electrons. The van der Waals surface area contributed by atoms with Crippen molar-refractivity contribution in [3.8, 4) is 0 Å². The van der Waals surface area contributed by atoms with Gasteiger partial charge in [0.2, 0.25) is 5.78 Å². The molecule has 1 aromatic heterocycles. The molecule has 0 atom stereocenters. The molecule has 0 aliphatic heterocycles. The minimum Gasteiger partial charge on any atom is -0.329 e. The summed E-state index contributed by atoms with van der Waals surface area (Å²) < 4.78 is 1.86. The number of carbonyl (C=O) groups excluding carboxylic acids is 1. The molecule has 0 aromatic carbocycles. The molecule has 1 heterocycles. The van der Waals surface area contributed by atoms with Gasteiger partial charge >= 0.3 is 0 Å². The second-order valence-electron chi connectivity index (χ2n) is 3.06. The highest BCUT2D eigenvalue weighted by Crippen LogP contribution is 2.05. The van der Waals surface area contributed by atoms with Crippen LogP contribution in [0.3, 0.4) is 0 Å². The molecule has 0 saturated carbocycles. The van der Waals surface area contributed by atoms with Gasteiger partial charge in [0.25, 0.3) is 0 Å². The molecule has 1 aromatic rings. The number of imidazole rings is 1. The first-order valence-electron chi connectivity index (χ1n) is 4.22. The molecule has 0 aliphatic rings. The van der Waals surface area contributed by atoms with E-state index in [-0.39, 0.29) is 11.7 Å². The molecule has 0 amide bonds. The third kappa shape index (κ3) is 1.55. The lowest BCUT2D eigenvalue weighted by Gasteiger charge is -2.05. The number of aryl methyl sites for hydroxylation is 1. The van der Waals surface area contributed by atoms with Crippen LogP contribution in [-0.4, -0.2) is 15.3 Å². The summed E-state index contributed by atoms with van der Waals surface area (Å²) in [7, 11) is 0. The van der Waals surface area contributed by atoms with E-state index >= 15 is 0 Å². The van der Waals surface area contributed by atoms with Crippen LogP contribution in [0.1, 0.15) is 31.4 Å². The number of carbonyl (C=O) groups is 1. The van der Waals surface area contributed by atoms with E-state index in [4.69, 9.17) is 0 Å². The Labute approximate surface area is 72.4 Å². The maximum Gasteiger partial charge on any atom is 0.200 e. The molecule has 0 bridgehead atoms. The molecular weight excluding hydrogens is 152 g/mol. The third-order valence-corrected chi connectivity index (χ3v) is 1.80. The first-order chi connectivity index (χ1) is 5.66. The van der Waals surface area contributed by atoms with Crippen LogP contribution in [0.5, 0.6) is 0 Å². The van der Waals surface area contributed by atoms with Gasteiger partial charge in [-0.05, 0) is 6.92 Å². The van der Waals surface area contributed by atoms with Crippen LogP contribution < -0.4 is 0 Å². The number of aromatic nitrogens is 2. The first kappa shape index (κ1) is 8.97. The zero-order chi connectivity index (χ0) is 9.14. The number of ketones is 1. The van der Waals surface area contributed by atoms with Crippen molar-refractivity contribution in [2.45, 2.75) is 27.3 Å². The monoisotopic (exact) mass is 166 g/mol. The summed E-state index contributed by atoms with van der Waals surface area (Å²) in [5.41, 5.74) is 0. The molecule has 3 nitrogen and oxygen atoms in total. The SMILES string of the molecule is CCn1ccnc1C(=O)C(C)C. The van der Waals surface area contributed by atoms with Crippen molar-refractivity contribution in [2.75, 3.05) is 0 Å². The van der Waals surface area contributed by atoms with E-state index < -0.39 is 0 Å². The number of hydrogen-bond donors (Lipinski definition) is 0. The number of rotatable bonds is 3. The van der Waals surface area contributed by atoms with E-state index in [0.717, 1.165) is 6.54 Å². The van der Waals surface area contributed by atoms with Gasteiger partial charge < -0.3 is 4.57 Å². The standard InChI is InChI=1S/C9H14N2O/c1-4-11-6-5-10-9(11)8(12)7(2)3/h5-7H,4H2,1-3H3. The van der Waals surface area contributed by atoms with Gasteiger partial charge in [-0.25, -0.2) is 4.98 Å². The van der Waals surface area contributed by atoms with Gasteiger partial charge in [0.15, 0.2) is 5.82 Å². The average molecular weight is 166 g/mol. The molecule has 1 rings (SSSR count). The average Bonchev–Trinajstić information content (AvgIpc) is 2.49. The Morgan fingerprint density at radius 2 is 2.33 bits per heavy atom. The van der Waals surface area contributed by atoms with Gasteiger partial charge in [-0.1, -0.05) is 13.8 Å². The van der Waals surface area contributed by atoms with Crippen molar-refractivity contribution < 1.29 is 4.79 Å². The van der Waals surface area contributed by atoms with E-state index in [1.54, 1.807) is 6.20 Å². The summed E-state index contributed by atoms with van der Waals surface area (Å²) in [5, 5.41) is 0. The van der Waals surface area contributed by atoms with Crippen LogP contribution in [0.4, 0.5) is 0 Å². The van der Waals surface area contributed by atoms with Gasteiger partial charge in [0, 0.05) is 24.9 Å². The zero-order valence-corrected chi connectivity index (χ0v) is 7.74. The fourth-order valence-corrected chi connectivity index (χ4v) is 1.05. The fourth-order valence-electron chi connectivity index (χ4n) is 1.05. The van der Waals surface area contributed by atoms with Gasteiger partial charge in [0.05, 0.1) is 0 Å². The Kier molecular flexibility index (Phi) is 2.63. The minimum absolute atomic E-state index is 0.0256. The number of hydrogen-bond acceptors (Lipinski definition) is 2. The predicted octanol–water partition coefficient (Wildman–Crippen LogP) is 1.74. The molecule has 12 heavy (non-hydrogen) atoms. The number of nitrogens with zero attached hydrogens (tertiary/aromatic N) is 2. The maximum atomic E-state index is 11.5. The van der Waals surface area contributed by atoms with E-state index in [0.29, 0.717) is 5.82 Å². The van der Waals surface area contributed by atoms with Crippen molar-refractivity contribution >= 4 is 5.78 Å². The molecule has 0 N–H and O–H groups in total. The van der Waals surface area contributed by atoms with E-state index in [2.05, 4.69) is 4.98 Å². The van der Waals surface area contributed by atoms with Gasteiger partial charge in [-0.3, -0.25) is 4.79 Å².